The minimum atomic E-state index is -0.281. The first-order chi connectivity index (χ1) is 19.0. The van der Waals surface area contributed by atoms with E-state index in [1.165, 1.54) is 5.56 Å². The number of fused-ring (bicyclic) bond motifs is 4. The monoisotopic (exact) mass is 535 g/mol. The predicted molar refractivity (Wildman–Crippen MR) is 145 cm³/mol. The Balaban J connectivity index is 1.36. The molecule has 7 rings (SSSR count). The Hall–Kier alpha value is -4.76. The van der Waals surface area contributed by atoms with E-state index < -0.39 is 0 Å². The first-order valence-corrected chi connectivity index (χ1v) is 12.8. The summed E-state index contributed by atoms with van der Waals surface area (Å²) in [7, 11) is 0. The van der Waals surface area contributed by atoms with E-state index in [0.29, 0.717) is 28.3 Å². The van der Waals surface area contributed by atoms with Gasteiger partial charge in [-0.1, -0.05) is 41.4 Å². The van der Waals surface area contributed by atoms with Crippen molar-refractivity contribution in [3.63, 3.8) is 0 Å². The normalized spacial score (nSPS) is 14.1. The van der Waals surface area contributed by atoms with E-state index in [1.54, 1.807) is 21.7 Å². The number of benzene rings is 2. The first-order valence-electron chi connectivity index (χ1n) is 12.4. The van der Waals surface area contributed by atoms with Crippen molar-refractivity contribution in [2.24, 2.45) is 0 Å². The van der Waals surface area contributed by atoms with Gasteiger partial charge in [0.15, 0.2) is 11.5 Å². The molecular formula is C29H22ClN7O2. The molecule has 0 saturated carbocycles. The highest BCUT2D eigenvalue weighted by Gasteiger charge is 2.38. The fourth-order valence-corrected chi connectivity index (χ4v) is 5.11. The van der Waals surface area contributed by atoms with Crippen molar-refractivity contribution in [1.82, 2.24) is 34.3 Å². The van der Waals surface area contributed by atoms with Gasteiger partial charge >= 0.3 is 0 Å². The number of rotatable bonds is 5. The molecule has 2 aromatic carbocycles. The molecule has 10 heteroatoms. The lowest BCUT2D eigenvalue weighted by Gasteiger charge is -2.26. The SMILES string of the molecule is Cc1ccc(OCc2nc3c4c(ncn3n2)Oc2c(c(C)nn2-c2cccc(Cl)c2)[C@@H]4c2cccnc2)cc1. The van der Waals surface area contributed by atoms with Crippen molar-refractivity contribution < 1.29 is 9.47 Å². The van der Waals surface area contributed by atoms with Gasteiger partial charge in [-0.3, -0.25) is 4.98 Å². The number of halogens is 1. The molecule has 0 radical (unpaired) electrons. The number of aryl methyl sites for hydroxylation is 2. The Morgan fingerprint density at radius 3 is 2.67 bits per heavy atom. The van der Waals surface area contributed by atoms with E-state index in [-0.39, 0.29) is 12.5 Å². The molecule has 0 bridgehead atoms. The smallest absolute Gasteiger partial charge is 0.230 e. The molecule has 0 fully saturated rings. The average Bonchev–Trinajstić information content (AvgIpc) is 3.52. The Bertz CT molecular complexity index is 1830. The zero-order valence-electron chi connectivity index (χ0n) is 21.1. The van der Waals surface area contributed by atoms with Crippen LogP contribution >= 0.6 is 11.6 Å². The number of ether oxygens (including phenoxy) is 2. The van der Waals surface area contributed by atoms with Gasteiger partial charge in [-0.15, -0.1) is 5.10 Å². The van der Waals surface area contributed by atoms with Crippen LogP contribution in [0.5, 0.6) is 17.5 Å². The topological polar surface area (TPSA) is 92.3 Å². The number of pyridine rings is 1. The average molecular weight is 536 g/mol. The standard InChI is InChI=1S/C29H22ClN7O2/c1-17-8-10-22(11-9-17)38-15-23-33-27-26-25(19-5-4-12-31-14-19)24-18(2)34-37(21-7-3-6-20(30)13-21)29(24)39-28(26)32-16-36(27)35-23/h3-14,16,25H,15H2,1-2H3/t25-/m0/s1. The van der Waals surface area contributed by atoms with Crippen LogP contribution in [0.1, 0.15) is 39.7 Å². The Kier molecular flexibility index (Phi) is 5.52. The largest absolute Gasteiger partial charge is 0.486 e. The van der Waals surface area contributed by atoms with Crippen LogP contribution in [0.15, 0.2) is 79.4 Å². The fraction of sp³-hybridized carbons (Fsp3) is 0.138. The van der Waals surface area contributed by atoms with Crippen LogP contribution in [0.3, 0.4) is 0 Å². The molecule has 1 aliphatic rings. The minimum Gasteiger partial charge on any atom is -0.486 e. The molecule has 0 spiro atoms. The van der Waals surface area contributed by atoms with E-state index in [2.05, 4.69) is 15.1 Å². The quantitative estimate of drug-likeness (QED) is 0.273. The third-order valence-electron chi connectivity index (χ3n) is 6.72. The van der Waals surface area contributed by atoms with E-state index >= 15 is 0 Å². The summed E-state index contributed by atoms with van der Waals surface area (Å²) in [6.07, 6.45) is 5.21. The summed E-state index contributed by atoms with van der Waals surface area (Å²) in [5, 5.41) is 10.1. The second-order valence-electron chi connectivity index (χ2n) is 9.38. The van der Waals surface area contributed by atoms with Crippen molar-refractivity contribution in [2.75, 3.05) is 0 Å². The molecule has 0 amide bonds. The Morgan fingerprint density at radius 2 is 1.87 bits per heavy atom. The molecule has 192 valence electrons. The van der Waals surface area contributed by atoms with Gasteiger partial charge in [0, 0.05) is 17.4 Å². The van der Waals surface area contributed by atoms with Gasteiger partial charge in [-0.2, -0.15) is 5.10 Å². The maximum Gasteiger partial charge on any atom is 0.230 e. The predicted octanol–water partition coefficient (Wildman–Crippen LogP) is 5.84. The van der Waals surface area contributed by atoms with Crippen molar-refractivity contribution >= 4 is 17.2 Å². The van der Waals surface area contributed by atoms with Gasteiger partial charge in [0.05, 0.1) is 28.4 Å². The number of nitrogens with zero attached hydrogens (tertiary/aromatic N) is 7. The molecule has 1 atom stereocenters. The Labute approximate surface area is 228 Å². The van der Waals surface area contributed by atoms with Crippen LogP contribution in [-0.2, 0) is 6.61 Å². The summed E-state index contributed by atoms with van der Waals surface area (Å²) < 4.78 is 15.8. The van der Waals surface area contributed by atoms with E-state index in [9.17, 15) is 0 Å². The summed E-state index contributed by atoms with van der Waals surface area (Å²) in [5.41, 5.74) is 6.07. The summed E-state index contributed by atoms with van der Waals surface area (Å²) in [6.45, 7) is 4.22. The van der Waals surface area contributed by atoms with Crippen LogP contribution < -0.4 is 9.47 Å². The molecule has 5 heterocycles. The van der Waals surface area contributed by atoms with Crippen molar-refractivity contribution in [3.05, 3.63) is 118 Å². The van der Waals surface area contributed by atoms with Gasteiger partial charge in [0.1, 0.15) is 18.7 Å². The molecule has 39 heavy (non-hydrogen) atoms. The maximum absolute atomic E-state index is 6.45. The number of hydrogen-bond donors (Lipinski definition) is 0. The van der Waals surface area contributed by atoms with Gasteiger partial charge < -0.3 is 9.47 Å². The molecule has 0 saturated heterocycles. The lowest BCUT2D eigenvalue weighted by Crippen LogP contribution is -2.16. The molecule has 9 nitrogen and oxygen atoms in total. The number of hydrogen-bond acceptors (Lipinski definition) is 7. The fourth-order valence-electron chi connectivity index (χ4n) is 4.93. The second-order valence-corrected chi connectivity index (χ2v) is 9.82. The molecular weight excluding hydrogens is 514 g/mol. The van der Waals surface area contributed by atoms with Gasteiger partial charge in [0.25, 0.3) is 0 Å². The molecule has 0 N–H and O–H groups in total. The molecule has 4 aromatic heterocycles. The van der Waals surface area contributed by atoms with Crippen LogP contribution in [0, 0.1) is 13.8 Å². The van der Waals surface area contributed by atoms with Crippen LogP contribution in [0.25, 0.3) is 11.3 Å². The van der Waals surface area contributed by atoms with Crippen molar-refractivity contribution in [1.29, 1.82) is 0 Å². The van der Waals surface area contributed by atoms with Crippen LogP contribution in [0.2, 0.25) is 5.02 Å². The molecule has 1 aliphatic heterocycles. The van der Waals surface area contributed by atoms with Gasteiger partial charge in [0.2, 0.25) is 11.8 Å². The highest BCUT2D eigenvalue weighted by atomic mass is 35.5. The van der Waals surface area contributed by atoms with Crippen LogP contribution in [-0.4, -0.2) is 34.3 Å². The third kappa shape index (κ3) is 4.07. The van der Waals surface area contributed by atoms with Crippen molar-refractivity contribution in [2.45, 2.75) is 26.4 Å². The third-order valence-corrected chi connectivity index (χ3v) is 6.96. The van der Waals surface area contributed by atoms with Crippen molar-refractivity contribution in [3.8, 4) is 23.2 Å². The Morgan fingerprint density at radius 1 is 1.00 bits per heavy atom. The summed E-state index contributed by atoms with van der Waals surface area (Å²) in [5.74, 6) is 2.02. The summed E-state index contributed by atoms with van der Waals surface area (Å²) in [6, 6.07) is 19.3. The first kappa shape index (κ1) is 23.4. The number of aromatic nitrogens is 7. The maximum atomic E-state index is 6.45. The zero-order valence-corrected chi connectivity index (χ0v) is 21.9. The lowest BCUT2D eigenvalue weighted by atomic mass is 9.85. The van der Waals surface area contributed by atoms with Gasteiger partial charge in [-0.25, -0.2) is 19.2 Å². The lowest BCUT2D eigenvalue weighted by molar-refractivity contribution is 0.296. The molecule has 6 aromatic rings. The summed E-state index contributed by atoms with van der Waals surface area (Å²) >= 11 is 6.30. The second kappa shape index (κ2) is 9.21. The van der Waals surface area contributed by atoms with Crippen LogP contribution in [0.4, 0.5) is 0 Å². The van der Waals surface area contributed by atoms with Gasteiger partial charge in [-0.05, 0) is 55.8 Å². The summed E-state index contributed by atoms with van der Waals surface area (Å²) in [4.78, 5) is 13.9. The van der Waals surface area contributed by atoms with E-state index in [0.717, 1.165) is 33.8 Å². The zero-order chi connectivity index (χ0) is 26.5. The molecule has 0 aliphatic carbocycles. The highest BCUT2D eigenvalue weighted by molar-refractivity contribution is 6.30. The highest BCUT2D eigenvalue weighted by Crippen LogP contribution is 2.49. The minimum absolute atomic E-state index is 0.217. The van der Waals surface area contributed by atoms with E-state index in [4.69, 9.17) is 31.2 Å². The molecule has 0 unspecified atom stereocenters. The van der Waals surface area contributed by atoms with E-state index in [1.807, 2.05) is 80.7 Å².